The molecule has 0 heterocycles. The third-order valence-electron chi connectivity index (χ3n) is 2.86. The predicted molar refractivity (Wildman–Crippen MR) is 78.1 cm³/mol. The standard InChI is InChI=1S/C16H22N2O2/c1-13(2)7-9-20-10-8-18-16(19)11-14-3-5-15(12-17)6-4-14/h3-6,13H,7-11H2,1-2H3,(H,18,19). The Balaban J connectivity index is 2.15. The minimum atomic E-state index is -0.0258. The van der Waals surface area contributed by atoms with Crippen molar-refractivity contribution in [2.24, 2.45) is 5.92 Å². The maximum absolute atomic E-state index is 11.7. The first-order valence-electron chi connectivity index (χ1n) is 6.95. The summed E-state index contributed by atoms with van der Waals surface area (Å²) in [7, 11) is 0. The van der Waals surface area contributed by atoms with E-state index >= 15 is 0 Å². The Morgan fingerprint density at radius 1 is 1.30 bits per heavy atom. The van der Waals surface area contributed by atoms with E-state index in [1.54, 1.807) is 24.3 Å². The Hall–Kier alpha value is -1.86. The third kappa shape index (κ3) is 6.91. The molecule has 0 atom stereocenters. The number of benzene rings is 1. The fourth-order valence-corrected chi connectivity index (χ4v) is 1.63. The summed E-state index contributed by atoms with van der Waals surface area (Å²) >= 11 is 0. The van der Waals surface area contributed by atoms with E-state index in [-0.39, 0.29) is 5.91 Å². The molecule has 1 amide bonds. The molecule has 0 unspecified atom stereocenters. The van der Waals surface area contributed by atoms with Crippen LogP contribution in [0.4, 0.5) is 0 Å². The van der Waals surface area contributed by atoms with Gasteiger partial charge in [-0.1, -0.05) is 26.0 Å². The van der Waals surface area contributed by atoms with Gasteiger partial charge in [-0.3, -0.25) is 4.79 Å². The number of carbonyl (C=O) groups excluding carboxylic acids is 1. The van der Waals surface area contributed by atoms with Gasteiger partial charge in [-0.2, -0.15) is 5.26 Å². The van der Waals surface area contributed by atoms with E-state index in [0.29, 0.717) is 31.1 Å². The van der Waals surface area contributed by atoms with Crippen LogP contribution in [0.2, 0.25) is 0 Å². The smallest absolute Gasteiger partial charge is 0.224 e. The number of hydrogen-bond donors (Lipinski definition) is 1. The average Bonchev–Trinajstić information content (AvgIpc) is 2.43. The van der Waals surface area contributed by atoms with E-state index in [2.05, 4.69) is 25.2 Å². The molecule has 0 fully saturated rings. The van der Waals surface area contributed by atoms with E-state index < -0.39 is 0 Å². The monoisotopic (exact) mass is 274 g/mol. The summed E-state index contributed by atoms with van der Waals surface area (Å²) in [4.78, 5) is 11.7. The largest absolute Gasteiger partial charge is 0.380 e. The molecule has 108 valence electrons. The topological polar surface area (TPSA) is 62.1 Å². The van der Waals surface area contributed by atoms with Crippen molar-refractivity contribution in [3.8, 4) is 6.07 Å². The molecular weight excluding hydrogens is 252 g/mol. The van der Waals surface area contributed by atoms with Crippen LogP contribution in [0, 0.1) is 17.2 Å². The van der Waals surface area contributed by atoms with Crippen LogP contribution in [0.25, 0.3) is 0 Å². The van der Waals surface area contributed by atoms with Gasteiger partial charge in [0, 0.05) is 13.2 Å². The van der Waals surface area contributed by atoms with Crippen LogP contribution in [0.1, 0.15) is 31.4 Å². The lowest BCUT2D eigenvalue weighted by atomic mass is 10.1. The Labute approximate surface area is 120 Å². The minimum Gasteiger partial charge on any atom is -0.380 e. The summed E-state index contributed by atoms with van der Waals surface area (Å²) in [6.07, 6.45) is 1.37. The molecule has 1 N–H and O–H groups in total. The Bertz CT molecular complexity index is 447. The van der Waals surface area contributed by atoms with E-state index in [1.807, 2.05) is 0 Å². The first-order chi connectivity index (χ1) is 9.61. The zero-order valence-corrected chi connectivity index (χ0v) is 12.2. The molecule has 0 aliphatic carbocycles. The molecule has 4 nitrogen and oxygen atoms in total. The van der Waals surface area contributed by atoms with Crippen molar-refractivity contribution >= 4 is 5.91 Å². The number of nitrogens with zero attached hydrogens (tertiary/aromatic N) is 1. The highest BCUT2D eigenvalue weighted by molar-refractivity contribution is 5.78. The van der Waals surface area contributed by atoms with Gasteiger partial charge in [0.15, 0.2) is 0 Å². The fourth-order valence-electron chi connectivity index (χ4n) is 1.63. The lowest BCUT2D eigenvalue weighted by Gasteiger charge is -2.08. The van der Waals surface area contributed by atoms with Gasteiger partial charge in [0.2, 0.25) is 5.91 Å². The Morgan fingerprint density at radius 3 is 2.60 bits per heavy atom. The summed E-state index contributed by atoms with van der Waals surface area (Å²) < 4.78 is 5.42. The number of ether oxygens (including phenoxy) is 1. The zero-order chi connectivity index (χ0) is 14.8. The molecule has 20 heavy (non-hydrogen) atoms. The van der Waals surface area contributed by atoms with Crippen LogP contribution in [-0.4, -0.2) is 25.7 Å². The first kappa shape index (κ1) is 16.2. The van der Waals surface area contributed by atoms with E-state index in [1.165, 1.54) is 0 Å². The van der Waals surface area contributed by atoms with Gasteiger partial charge < -0.3 is 10.1 Å². The van der Waals surface area contributed by atoms with Gasteiger partial charge in [-0.25, -0.2) is 0 Å². The maximum atomic E-state index is 11.7. The molecule has 0 spiro atoms. The molecule has 1 aromatic carbocycles. The molecule has 0 saturated carbocycles. The van der Waals surface area contributed by atoms with Crippen LogP contribution in [0.3, 0.4) is 0 Å². The van der Waals surface area contributed by atoms with Crippen molar-refractivity contribution < 1.29 is 9.53 Å². The highest BCUT2D eigenvalue weighted by Gasteiger charge is 2.03. The molecule has 4 heteroatoms. The van der Waals surface area contributed by atoms with Gasteiger partial charge in [0.05, 0.1) is 24.7 Å². The highest BCUT2D eigenvalue weighted by atomic mass is 16.5. The molecule has 0 aliphatic rings. The molecule has 1 rings (SSSR count). The van der Waals surface area contributed by atoms with Gasteiger partial charge in [0.1, 0.15) is 0 Å². The molecule has 1 aromatic rings. The summed E-state index contributed by atoms with van der Waals surface area (Å²) in [5.41, 5.74) is 1.51. The van der Waals surface area contributed by atoms with Crippen molar-refractivity contribution in [3.63, 3.8) is 0 Å². The van der Waals surface area contributed by atoms with Gasteiger partial charge in [-0.15, -0.1) is 0 Å². The van der Waals surface area contributed by atoms with Gasteiger partial charge in [-0.05, 0) is 30.0 Å². The maximum Gasteiger partial charge on any atom is 0.224 e. The lowest BCUT2D eigenvalue weighted by Crippen LogP contribution is -2.28. The van der Waals surface area contributed by atoms with E-state index in [9.17, 15) is 4.79 Å². The molecular formula is C16H22N2O2. The normalized spacial score (nSPS) is 10.3. The number of amides is 1. The van der Waals surface area contributed by atoms with Crippen LogP contribution < -0.4 is 5.32 Å². The van der Waals surface area contributed by atoms with Crippen molar-refractivity contribution in [3.05, 3.63) is 35.4 Å². The summed E-state index contributed by atoms with van der Waals surface area (Å²) in [5, 5.41) is 11.5. The van der Waals surface area contributed by atoms with Crippen LogP contribution in [0.15, 0.2) is 24.3 Å². The first-order valence-corrected chi connectivity index (χ1v) is 6.95. The second kappa shape index (κ2) is 9.11. The number of nitriles is 1. The Kier molecular flexibility index (Phi) is 7.38. The molecule has 0 saturated heterocycles. The number of rotatable bonds is 8. The summed E-state index contributed by atoms with van der Waals surface area (Å²) in [6, 6.07) is 9.10. The van der Waals surface area contributed by atoms with Crippen LogP contribution in [-0.2, 0) is 16.0 Å². The third-order valence-corrected chi connectivity index (χ3v) is 2.86. The number of nitrogens with one attached hydrogen (secondary N) is 1. The quantitative estimate of drug-likeness (QED) is 0.740. The second-order valence-electron chi connectivity index (χ2n) is 5.13. The summed E-state index contributed by atoms with van der Waals surface area (Å²) in [6.45, 7) is 6.13. The lowest BCUT2D eigenvalue weighted by molar-refractivity contribution is -0.120. The van der Waals surface area contributed by atoms with E-state index in [4.69, 9.17) is 10.00 Å². The molecule has 0 radical (unpaired) electrons. The van der Waals surface area contributed by atoms with Crippen LogP contribution in [0.5, 0.6) is 0 Å². The minimum absolute atomic E-state index is 0.0258. The van der Waals surface area contributed by atoms with Crippen molar-refractivity contribution in [2.45, 2.75) is 26.7 Å². The number of hydrogen-bond acceptors (Lipinski definition) is 3. The number of carbonyl (C=O) groups is 1. The van der Waals surface area contributed by atoms with Crippen molar-refractivity contribution in [1.82, 2.24) is 5.32 Å². The highest BCUT2D eigenvalue weighted by Crippen LogP contribution is 2.04. The van der Waals surface area contributed by atoms with Crippen molar-refractivity contribution in [2.75, 3.05) is 19.8 Å². The predicted octanol–water partition coefficient (Wildman–Crippen LogP) is 2.28. The average molecular weight is 274 g/mol. The molecule has 0 bridgehead atoms. The second-order valence-corrected chi connectivity index (χ2v) is 5.13. The Morgan fingerprint density at radius 2 is 2.00 bits per heavy atom. The van der Waals surface area contributed by atoms with Crippen LogP contribution >= 0.6 is 0 Å². The van der Waals surface area contributed by atoms with Gasteiger partial charge >= 0.3 is 0 Å². The van der Waals surface area contributed by atoms with Crippen molar-refractivity contribution in [1.29, 1.82) is 5.26 Å². The SMILES string of the molecule is CC(C)CCOCCNC(=O)Cc1ccc(C#N)cc1. The molecule has 0 aromatic heterocycles. The fraction of sp³-hybridized carbons (Fsp3) is 0.500. The molecule has 0 aliphatic heterocycles. The van der Waals surface area contributed by atoms with E-state index in [0.717, 1.165) is 18.6 Å². The zero-order valence-electron chi connectivity index (χ0n) is 12.2. The van der Waals surface area contributed by atoms with Gasteiger partial charge in [0.25, 0.3) is 0 Å². The summed E-state index contributed by atoms with van der Waals surface area (Å²) in [5.74, 6) is 0.614.